The smallest absolute Gasteiger partial charge is 0.173 e. The standard InChI is InChI=1S/C22H27N3OS/c1-2-26-21-9-7-19(8-10-21)23-22(27)25-13-11-24(12-14-25)20-15-17-5-3-4-6-18(17)16-20/h3-10,20H,2,11-16H2,1H3,(H,23,27). The van der Waals surface area contributed by atoms with Crippen LogP contribution in [0.2, 0.25) is 0 Å². The van der Waals surface area contributed by atoms with Gasteiger partial charge in [0.2, 0.25) is 0 Å². The molecule has 2 aromatic rings. The minimum absolute atomic E-state index is 0.650. The molecule has 1 aliphatic carbocycles. The number of piperazine rings is 1. The van der Waals surface area contributed by atoms with Gasteiger partial charge in [0.15, 0.2) is 5.11 Å². The molecule has 1 N–H and O–H groups in total. The number of benzene rings is 2. The Balaban J connectivity index is 1.27. The van der Waals surface area contributed by atoms with Gasteiger partial charge in [-0.1, -0.05) is 24.3 Å². The molecule has 142 valence electrons. The van der Waals surface area contributed by atoms with Crippen molar-refractivity contribution in [3.63, 3.8) is 0 Å². The van der Waals surface area contributed by atoms with Crippen molar-refractivity contribution in [3.05, 3.63) is 59.7 Å². The van der Waals surface area contributed by atoms with Gasteiger partial charge in [0.1, 0.15) is 5.75 Å². The largest absolute Gasteiger partial charge is 0.494 e. The zero-order valence-electron chi connectivity index (χ0n) is 15.9. The Hall–Kier alpha value is -2.11. The van der Waals surface area contributed by atoms with Gasteiger partial charge in [0, 0.05) is 37.9 Å². The van der Waals surface area contributed by atoms with Crippen LogP contribution in [0.5, 0.6) is 5.75 Å². The first-order chi connectivity index (χ1) is 13.2. The summed E-state index contributed by atoms with van der Waals surface area (Å²) in [5, 5.41) is 4.18. The zero-order chi connectivity index (χ0) is 18.6. The maximum absolute atomic E-state index is 5.64. The summed E-state index contributed by atoms with van der Waals surface area (Å²) in [4.78, 5) is 4.92. The highest BCUT2D eigenvalue weighted by atomic mass is 32.1. The second kappa shape index (κ2) is 8.28. The molecule has 0 bridgehead atoms. The third-order valence-electron chi connectivity index (χ3n) is 5.56. The molecule has 27 heavy (non-hydrogen) atoms. The Kier molecular flexibility index (Phi) is 5.60. The Morgan fingerprint density at radius 3 is 2.22 bits per heavy atom. The molecule has 2 aliphatic rings. The lowest BCUT2D eigenvalue weighted by Crippen LogP contribution is -2.53. The van der Waals surface area contributed by atoms with Gasteiger partial charge in [-0.2, -0.15) is 0 Å². The molecule has 1 fully saturated rings. The van der Waals surface area contributed by atoms with Crippen LogP contribution in [0.15, 0.2) is 48.5 Å². The van der Waals surface area contributed by atoms with Gasteiger partial charge in [0.05, 0.1) is 6.61 Å². The molecular weight excluding hydrogens is 354 g/mol. The molecule has 5 heteroatoms. The topological polar surface area (TPSA) is 27.7 Å². The van der Waals surface area contributed by atoms with Crippen LogP contribution in [0.25, 0.3) is 0 Å². The lowest BCUT2D eigenvalue weighted by atomic mass is 10.1. The van der Waals surface area contributed by atoms with E-state index in [0.717, 1.165) is 42.7 Å². The number of fused-ring (bicyclic) bond motifs is 1. The third kappa shape index (κ3) is 4.25. The van der Waals surface area contributed by atoms with Gasteiger partial charge in [-0.05, 0) is 67.4 Å². The summed E-state index contributed by atoms with van der Waals surface area (Å²) in [6, 6.07) is 17.5. The zero-order valence-corrected chi connectivity index (χ0v) is 16.7. The highest BCUT2D eigenvalue weighted by Crippen LogP contribution is 2.26. The molecule has 0 amide bonds. The molecule has 4 rings (SSSR count). The van der Waals surface area contributed by atoms with Crippen molar-refractivity contribution < 1.29 is 4.74 Å². The van der Waals surface area contributed by atoms with E-state index >= 15 is 0 Å². The Labute approximate surface area is 167 Å². The van der Waals surface area contributed by atoms with Gasteiger partial charge in [-0.15, -0.1) is 0 Å². The molecule has 2 aromatic carbocycles. The van der Waals surface area contributed by atoms with Crippen LogP contribution < -0.4 is 10.1 Å². The van der Waals surface area contributed by atoms with E-state index in [1.54, 1.807) is 0 Å². The van der Waals surface area contributed by atoms with Crippen LogP contribution in [-0.4, -0.2) is 53.7 Å². The van der Waals surface area contributed by atoms with Crippen molar-refractivity contribution in [2.75, 3.05) is 38.1 Å². The summed E-state index contributed by atoms with van der Waals surface area (Å²) in [6.45, 7) is 6.78. The summed E-state index contributed by atoms with van der Waals surface area (Å²) in [5.41, 5.74) is 4.06. The quantitative estimate of drug-likeness (QED) is 0.818. The molecular formula is C22H27N3OS. The fraction of sp³-hybridized carbons (Fsp3) is 0.409. The Bertz CT molecular complexity index is 759. The van der Waals surface area contributed by atoms with E-state index in [1.165, 1.54) is 24.0 Å². The number of anilines is 1. The third-order valence-corrected chi connectivity index (χ3v) is 5.92. The van der Waals surface area contributed by atoms with Gasteiger partial charge >= 0.3 is 0 Å². The molecule has 1 aliphatic heterocycles. The van der Waals surface area contributed by atoms with Crippen molar-refractivity contribution in [1.29, 1.82) is 0 Å². The molecule has 0 spiro atoms. The van der Waals surface area contributed by atoms with Crippen molar-refractivity contribution >= 4 is 23.0 Å². The van der Waals surface area contributed by atoms with Crippen molar-refractivity contribution in [2.24, 2.45) is 0 Å². The van der Waals surface area contributed by atoms with E-state index in [4.69, 9.17) is 17.0 Å². The summed E-state index contributed by atoms with van der Waals surface area (Å²) < 4.78 is 5.49. The predicted octanol–water partition coefficient (Wildman–Crippen LogP) is 3.57. The fourth-order valence-corrected chi connectivity index (χ4v) is 4.39. The van der Waals surface area contributed by atoms with E-state index in [2.05, 4.69) is 39.4 Å². The van der Waals surface area contributed by atoms with Crippen molar-refractivity contribution in [1.82, 2.24) is 9.80 Å². The van der Waals surface area contributed by atoms with Crippen molar-refractivity contribution in [2.45, 2.75) is 25.8 Å². The number of nitrogens with one attached hydrogen (secondary N) is 1. The second-order valence-corrected chi connectivity index (χ2v) is 7.63. The first-order valence-electron chi connectivity index (χ1n) is 9.82. The van der Waals surface area contributed by atoms with E-state index in [0.29, 0.717) is 12.6 Å². The molecule has 0 aromatic heterocycles. The Morgan fingerprint density at radius 1 is 1.00 bits per heavy atom. The van der Waals surface area contributed by atoms with Crippen LogP contribution in [0.3, 0.4) is 0 Å². The van der Waals surface area contributed by atoms with Gasteiger partial charge in [-0.3, -0.25) is 4.90 Å². The van der Waals surface area contributed by atoms with E-state index in [9.17, 15) is 0 Å². The van der Waals surface area contributed by atoms with Crippen molar-refractivity contribution in [3.8, 4) is 5.75 Å². The molecule has 0 atom stereocenters. The SMILES string of the molecule is CCOc1ccc(NC(=S)N2CCN(C3Cc4ccccc4C3)CC2)cc1. The lowest BCUT2D eigenvalue weighted by Gasteiger charge is -2.39. The van der Waals surface area contributed by atoms with E-state index in [-0.39, 0.29) is 0 Å². The molecule has 1 heterocycles. The maximum Gasteiger partial charge on any atom is 0.173 e. The lowest BCUT2D eigenvalue weighted by molar-refractivity contribution is 0.137. The normalized spacial score (nSPS) is 17.6. The predicted molar refractivity (Wildman–Crippen MR) is 115 cm³/mol. The second-order valence-electron chi connectivity index (χ2n) is 7.24. The summed E-state index contributed by atoms with van der Waals surface area (Å²) >= 11 is 5.64. The van der Waals surface area contributed by atoms with E-state index < -0.39 is 0 Å². The summed E-state index contributed by atoms with van der Waals surface area (Å²) in [7, 11) is 0. The maximum atomic E-state index is 5.64. The summed E-state index contributed by atoms with van der Waals surface area (Å²) in [5.74, 6) is 0.889. The minimum atomic E-state index is 0.650. The number of rotatable bonds is 4. The number of nitrogens with zero attached hydrogens (tertiary/aromatic N) is 2. The minimum Gasteiger partial charge on any atom is -0.494 e. The van der Waals surface area contributed by atoms with Crippen LogP contribution in [0.1, 0.15) is 18.1 Å². The molecule has 0 radical (unpaired) electrons. The average Bonchev–Trinajstić information content (AvgIpc) is 3.14. The van der Waals surface area contributed by atoms with Gasteiger partial charge in [0.25, 0.3) is 0 Å². The Morgan fingerprint density at radius 2 is 1.63 bits per heavy atom. The fourth-order valence-electron chi connectivity index (χ4n) is 4.09. The van der Waals surface area contributed by atoms with Crippen LogP contribution in [-0.2, 0) is 12.8 Å². The number of hydrogen-bond acceptors (Lipinski definition) is 3. The molecule has 1 saturated heterocycles. The molecule has 0 unspecified atom stereocenters. The highest BCUT2D eigenvalue weighted by Gasteiger charge is 2.29. The first-order valence-corrected chi connectivity index (χ1v) is 10.2. The monoisotopic (exact) mass is 381 g/mol. The number of thiocarbonyl (C=S) groups is 1. The van der Waals surface area contributed by atoms with Gasteiger partial charge < -0.3 is 15.0 Å². The van der Waals surface area contributed by atoms with Crippen LogP contribution in [0.4, 0.5) is 5.69 Å². The van der Waals surface area contributed by atoms with Gasteiger partial charge in [-0.25, -0.2) is 0 Å². The highest BCUT2D eigenvalue weighted by molar-refractivity contribution is 7.80. The first kappa shape index (κ1) is 18.3. The molecule has 4 nitrogen and oxygen atoms in total. The molecule has 0 saturated carbocycles. The number of hydrogen-bond donors (Lipinski definition) is 1. The van der Waals surface area contributed by atoms with E-state index in [1.807, 2.05) is 31.2 Å². The average molecular weight is 382 g/mol. The number of ether oxygens (including phenoxy) is 1. The van der Waals surface area contributed by atoms with Crippen LogP contribution in [0, 0.1) is 0 Å². The van der Waals surface area contributed by atoms with Crippen LogP contribution >= 0.6 is 12.2 Å². The summed E-state index contributed by atoms with van der Waals surface area (Å²) in [6.07, 6.45) is 2.37.